The largest absolute Gasteiger partial charge is 0.315 e. The molecule has 2 aromatic rings. The van der Waals surface area contributed by atoms with Crippen LogP contribution in [0.2, 0.25) is 0 Å². The van der Waals surface area contributed by atoms with E-state index in [0.717, 1.165) is 16.8 Å². The second-order valence-electron chi connectivity index (χ2n) is 6.39. The van der Waals surface area contributed by atoms with E-state index >= 15 is 0 Å². The van der Waals surface area contributed by atoms with Crippen molar-refractivity contribution in [1.82, 2.24) is 9.71 Å². The quantitative estimate of drug-likeness (QED) is 0.917. The standard InChI is InChI=1S/C17H19N3O3S/c1-17(2,13-6-8-18-9-7-13)19-24(22,23)14-4-5-15-12(10-14)11-16(21)20(15)3/h4-10,19H,11H2,1-3H3. The lowest BCUT2D eigenvalue weighted by Gasteiger charge is -2.26. The summed E-state index contributed by atoms with van der Waals surface area (Å²) in [5, 5.41) is 0. The molecule has 24 heavy (non-hydrogen) atoms. The van der Waals surface area contributed by atoms with Gasteiger partial charge in [0.15, 0.2) is 0 Å². The molecule has 126 valence electrons. The van der Waals surface area contributed by atoms with Crippen LogP contribution in [0.4, 0.5) is 5.69 Å². The highest BCUT2D eigenvalue weighted by Crippen LogP contribution is 2.30. The van der Waals surface area contributed by atoms with Crippen molar-refractivity contribution in [2.45, 2.75) is 30.7 Å². The van der Waals surface area contributed by atoms with Gasteiger partial charge in [0, 0.05) is 25.1 Å². The highest BCUT2D eigenvalue weighted by Gasteiger charge is 2.30. The molecule has 1 aliphatic heterocycles. The third-order valence-electron chi connectivity index (χ3n) is 4.23. The van der Waals surface area contributed by atoms with Gasteiger partial charge in [-0.2, -0.15) is 0 Å². The maximum Gasteiger partial charge on any atom is 0.241 e. The number of nitrogens with zero attached hydrogens (tertiary/aromatic N) is 2. The van der Waals surface area contributed by atoms with Crippen molar-refractivity contribution in [2.24, 2.45) is 0 Å². The molecule has 0 saturated heterocycles. The molecule has 0 aliphatic carbocycles. The van der Waals surface area contributed by atoms with E-state index < -0.39 is 15.6 Å². The second-order valence-corrected chi connectivity index (χ2v) is 8.07. The highest BCUT2D eigenvalue weighted by atomic mass is 32.2. The fourth-order valence-corrected chi connectivity index (χ4v) is 4.29. The van der Waals surface area contributed by atoms with E-state index in [2.05, 4.69) is 9.71 Å². The summed E-state index contributed by atoms with van der Waals surface area (Å²) in [5.41, 5.74) is 1.52. The summed E-state index contributed by atoms with van der Waals surface area (Å²) in [6.45, 7) is 3.59. The number of sulfonamides is 1. The average molecular weight is 345 g/mol. The lowest BCUT2D eigenvalue weighted by Crippen LogP contribution is -2.40. The summed E-state index contributed by atoms with van der Waals surface area (Å²) < 4.78 is 28.2. The van der Waals surface area contributed by atoms with Crippen LogP contribution in [0.3, 0.4) is 0 Å². The van der Waals surface area contributed by atoms with Crippen LogP contribution in [0.25, 0.3) is 0 Å². The monoisotopic (exact) mass is 345 g/mol. The number of carbonyl (C=O) groups is 1. The number of nitrogens with one attached hydrogen (secondary N) is 1. The molecule has 1 aliphatic rings. The maximum absolute atomic E-state index is 12.8. The molecular weight excluding hydrogens is 326 g/mol. The number of amides is 1. The normalized spacial score (nSPS) is 14.8. The van der Waals surface area contributed by atoms with E-state index in [0.29, 0.717) is 0 Å². The van der Waals surface area contributed by atoms with Crippen molar-refractivity contribution in [3.63, 3.8) is 0 Å². The van der Waals surface area contributed by atoms with Crippen LogP contribution in [0.5, 0.6) is 0 Å². The van der Waals surface area contributed by atoms with Gasteiger partial charge in [-0.15, -0.1) is 0 Å². The molecule has 0 saturated carbocycles. The van der Waals surface area contributed by atoms with Crippen molar-refractivity contribution in [3.8, 4) is 0 Å². The predicted molar refractivity (Wildman–Crippen MR) is 91.1 cm³/mol. The number of aromatic nitrogens is 1. The van der Waals surface area contributed by atoms with Crippen LogP contribution in [0, 0.1) is 0 Å². The van der Waals surface area contributed by atoms with Gasteiger partial charge in [-0.3, -0.25) is 9.78 Å². The molecule has 0 bridgehead atoms. The van der Waals surface area contributed by atoms with Crippen LogP contribution < -0.4 is 9.62 Å². The van der Waals surface area contributed by atoms with E-state index in [1.807, 2.05) is 0 Å². The minimum absolute atomic E-state index is 0.0374. The summed E-state index contributed by atoms with van der Waals surface area (Å²) in [4.78, 5) is 17.4. The molecule has 7 heteroatoms. The number of pyridine rings is 1. The maximum atomic E-state index is 12.8. The zero-order chi connectivity index (χ0) is 17.5. The summed E-state index contributed by atoms with van der Waals surface area (Å²) >= 11 is 0. The van der Waals surface area contributed by atoms with Crippen molar-refractivity contribution in [2.75, 3.05) is 11.9 Å². The van der Waals surface area contributed by atoms with Crippen LogP contribution >= 0.6 is 0 Å². The Morgan fingerprint density at radius 1 is 1.17 bits per heavy atom. The third kappa shape index (κ3) is 2.92. The van der Waals surface area contributed by atoms with Crippen LogP contribution in [-0.2, 0) is 26.8 Å². The average Bonchev–Trinajstić information content (AvgIpc) is 2.81. The number of fused-ring (bicyclic) bond motifs is 1. The molecule has 0 spiro atoms. The Morgan fingerprint density at radius 2 is 1.83 bits per heavy atom. The van der Waals surface area contributed by atoms with Gasteiger partial charge in [-0.1, -0.05) is 0 Å². The summed E-state index contributed by atoms with van der Waals surface area (Å²) in [7, 11) is -2.04. The van der Waals surface area contributed by atoms with Crippen molar-refractivity contribution in [1.29, 1.82) is 0 Å². The second kappa shape index (κ2) is 5.68. The van der Waals surface area contributed by atoms with Crippen molar-refractivity contribution >= 4 is 21.6 Å². The van der Waals surface area contributed by atoms with Gasteiger partial charge in [-0.05, 0) is 55.3 Å². The lowest BCUT2D eigenvalue weighted by atomic mass is 9.97. The van der Waals surface area contributed by atoms with Crippen molar-refractivity contribution in [3.05, 3.63) is 53.9 Å². The van der Waals surface area contributed by atoms with E-state index in [1.165, 1.54) is 6.07 Å². The van der Waals surface area contributed by atoms with Gasteiger partial charge >= 0.3 is 0 Å². The Labute approximate surface area is 141 Å². The first-order chi connectivity index (χ1) is 11.2. The number of anilines is 1. The zero-order valence-electron chi connectivity index (χ0n) is 13.8. The predicted octanol–water partition coefficient (Wildman–Crippen LogP) is 1.81. The molecule has 1 aromatic carbocycles. The van der Waals surface area contributed by atoms with E-state index in [-0.39, 0.29) is 17.2 Å². The molecule has 0 unspecified atom stereocenters. The van der Waals surface area contributed by atoms with Gasteiger partial charge in [0.05, 0.1) is 16.9 Å². The summed E-state index contributed by atoms with van der Waals surface area (Å²) in [6, 6.07) is 8.33. The van der Waals surface area contributed by atoms with Crippen LogP contribution in [0.15, 0.2) is 47.6 Å². The number of hydrogen-bond donors (Lipinski definition) is 1. The Hall–Kier alpha value is -2.25. The molecule has 1 aromatic heterocycles. The molecule has 2 heterocycles. The Bertz CT molecular complexity index is 893. The minimum Gasteiger partial charge on any atom is -0.315 e. The number of benzene rings is 1. The molecular formula is C17H19N3O3S. The highest BCUT2D eigenvalue weighted by molar-refractivity contribution is 7.89. The SMILES string of the molecule is CN1C(=O)Cc2cc(S(=O)(=O)NC(C)(C)c3ccncc3)ccc21. The van der Waals surface area contributed by atoms with Crippen LogP contribution in [0.1, 0.15) is 25.0 Å². The number of carbonyl (C=O) groups excluding carboxylic acids is 1. The van der Waals surface area contributed by atoms with Gasteiger partial charge in [0.2, 0.25) is 15.9 Å². The first-order valence-electron chi connectivity index (χ1n) is 7.55. The zero-order valence-corrected chi connectivity index (χ0v) is 14.6. The molecule has 1 N–H and O–H groups in total. The summed E-state index contributed by atoms with van der Waals surface area (Å²) in [5.74, 6) is -0.0374. The molecule has 0 radical (unpaired) electrons. The van der Waals surface area contributed by atoms with Gasteiger partial charge in [0.1, 0.15) is 0 Å². The van der Waals surface area contributed by atoms with E-state index in [4.69, 9.17) is 0 Å². The van der Waals surface area contributed by atoms with E-state index in [9.17, 15) is 13.2 Å². The van der Waals surface area contributed by atoms with Gasteiger partial charge in [0.25, 0.3) is 0 Å². The first-order valence-corrected chi connectivity index (χ1v) is 9.03. The minimum atomic E-state index is -3.72. The van der Waals surface area contributed by atoms with Gasteiger partial charge in [-0.25, -0.2) is 13.1 Å². The molecule has 6 nitrogen and oxygen atoms in total. The number of likely N-dealkylation sites (N-methyl/N-ethyl adjacent to an activating group) is 1. The van der Waals surface area contributed by atoms with Crippen LogP contribution in [-0.4, -0.2) is 26.4 Å². The third-order valence-corrected chi connectivity index (χ3v) is 5.88. The number of rotatable bonds is 4. The van der Waals surface area contributed by atoms with E-state index in [1.54, 1.807) is 62.5 Å². The lowest BCUT2D eigenvalue weighted by molar-refractivity contribution is -0.117. The smallest absolute Gasteiger partial charge is 0.241 e. The topological polar surface area (TPSA) is 79.4 Å². The fourth-order valence-electron chi connectivity index (χ4n) is 2.84. The molecule has 1 amide bonds. The molecule has 3 rings (SSSR count). The first kappa shape index (κ1) is 16.6. The van der Waals surface area contributed by atoms with Crippen molar-refractivity contribution < 1.29 is 13.2 Å². The van der Waals surface area contributed by atoms with Gasteiger partial charge < -0.3 is 4.90 Å². The Morgan fingerprint density at radius 3 is 2.50 bits per heavy atom. The fraction of sp³-hybridized carbons (Fsp3) is 0.294. The Balaban J connectivity index is 1.92. The molecule has 0 atom stereocenters. The number of hydrogen-bond acceptors (Lipinski definition) is 4. The summed E-state index contributed by atoms with van der Waals surface area (Å²) in [6.07, 6.45) is 3.48. The molecule has 0 fully saturated rings. The Kier molecular flexibility index (Phi) is 3.93.